The van der Waals surface area contributed by atoms with Crippen LogP contribution in [0.25, 0.3) is 5.52 Å². The molecule has 15 heteroatoms. The molecule has 0 amide bonds. The zero-order chi connectivity index (χ0) is 43.2. The van der Waals surface area contributed by atoms with Crippen LogP contribution in [0.4, 0.5) is 5.69 Å². The number of phosphoric acid groups is 1. The maximum atomic E-state index is 13.3. The Labute approximate surface area is 356 Å². The number of nitrogens with zero attached hydrogens (tertiary/aromatic N) is 3. The number of aliphatic hydroxyl groups is 1. The molecule has 14 nitrogen and oxygen atoms in total. The quantitative estimate of drug-likeness (QED) is 0.0315. The number of esters is 1. The number of carbonyl (C=O) groups is 1. The van der Waals surface area contributed by atoms with Crippen molar-refractivity contribution in [1.29, 1.82) is 5.26 Å². The van der Waals surface area contributed by atoms with E-state index >= 15 is 0 Å². The fourth-order valence-electron chi connectivity index (χ4n) is 7.31. The SMILES string of the molecule is CCCCCCCCCCCCCCCCCCOC[C@H](COP(=O)(O)OC[C@H]1O[C@@](C#N)(c2ccc3c(N)ccnn23)[C@H](O)[C@@H]1OC(=O)C(C)C)OCc1ccccc1. The number of nitrogen functional groups attached to an aromatic ring is 1. The van der Waals surface area contributed by atoms with Crippen molar-refractivity contribution in [3.05, 3.63) is 66.0 Å². The van der Waals surface area contributed by atoms with E-state index in [2.05, 4.69) is 12.0 Å². The normalized spacial score (nSPS) is 20.6. The zero-order valence-electron chi connectivity index (χ0n) is 36.0. The lowest BCUT2D eigenvalue weighted by atomic mass is 9.92. The van der Waals surface area contributed by atoms with Crippen molar-refractivity contribution >= 4 is 25.0 Å². The summed E-state index contributed by atoms with van der Waals surface area (Å²) in [5.74, 6) is -1.26. The molecule has 1 saturated heterocycles. The number of aliphatic hydroxyl groups excluding tert-OH is 1. The number of phosphoric ester groups is 1. The Morgan fingerprint density at radius 1 is 0.917 bits per heavy atom. The zero-order valence-corrected chi connectivity index (χ0v) is 36.9. The van der Waals surface area contributed by atoms with Crippen molar-refractivity contribution in [3.8, 4) is 6.07 Å². The van der Waals surface area contributed by atoms with Crippen LogP contribution in [0.15, 0.2) is 54.7 Å². The third-order valence-corrected chi connectivity index (χ3v) is 11.8. The van der Waals surface area contributed by atoms with Gasteiger partial charge in [-0.3, -0.25) is 13.8 Å². The Bertz CT molecular complexity index is 1770. The van der Waals surface area contributed by atoms with Gasteiger partial charge in [0.25, 0.3) is 0 Å². The summed E-state index contributed by atoms with van der Waals surface area (Å²) in [6.07, 6.45) is 16.7. The number of anilines is 1. The average Bonchev–Trinajstić information content (AvgIpc) is 3.80. The lowest BCUT2D eigenvalue weighted by Crippen LogP contribution is -2.43. The van der Waals surface area contributed by atoms with Gasteiger partial charge in [0.1, 0.15) is 24.4 Å². The van der Waals surface area contributed by atoms with Crippen LogP contribution in [0.1, 0.15) is 135 Å². The molecule has 3 heterocycles. The smallest absolute Gasteiger partial charge is 0.456 e. The number of nitrogens with two attached hydrogens (primary N) is 1. The number of fused-ring (bicyclic) bond motifs is 1. The number of nitriles is 1. The highest BCUT2D eigenvalue weighted by atomic mass is 31.2. The number of aromatic nitrogens is 2. The Morgan fingerprint density at radius 2 is 1.53 bits per heavy atom. The molecule has 6 atom stereocenters. The molecule has 1 aliphatic heterocycles. The van der Waals surface area contributed by atoms with Crippen molar-refractivity contribution < 1.29 is 47.4 Å². The third kappa shape index (κ3) is 15.5. The molecule has 1 unspecified atom stereocenters. The first-order chi connectivity index (χ1) is 29.0. The van der Waals surface area contributed by atoms with Crippen LogP contribution in [0.5, 0.6) is 0 Å². The lowest BCUT2D eigenvalue weighted by Gasteiger charge is -2.25. The molecule has 0 radical (unpaired) electrons. The molecule has 1 fully saturated rings. The number of ether oxygens (including phenoxy) is 4. The summed E-state index contributed by atoms with van der Waals surface area (Å²) in [7, 11) is -4.78. The van der Waals surface area contributed by atoms with Crippen LogP contribution in [0.2, 0.25) is 0 Å². The van der Waals surface area contributed by atoms with Gasteiger partial charge in [0.15, 0.2) is 6.10 Å². The summed E-state index contributed by atoms with van der Waals surface area (Å²) in [5.41, 5.74) is 5.85. The summed E-state index contributed by atoms with van der Waals surface area (Å²) < 4.78 is 49.1. The molecule has 1 aromatic carbocycles. The monoisotopic (exact) mass is 856 g/mol. The second-order valence-corrected chi connectivity index (χ2v) is 17.6. The number of benzene rings is 1. The van der Waals surface area contributed by atoms with Crippen molar-refractivity contribution in [2.45, 2.75) is 160 Å². The van der Waals surface area contributed by atoms with Crippen LogP contribution < -0.4 is 5.73 Å². The summed E-state index contributed by atoms with van der Waals surface area (Å²) in [5, 5.41) is 26.3. The van der Waals surface area contributed by atoms with Crippen LogP contribution in [0, 0.1) is 17.2 Å². The lowest BCUT2D eigenvalue weighted by molar-refractivity contribution is -0.160. The van der Waals surface area contributed by atoms with Gasteiger partial charge in [-0.05, 0) is 30.2 Å². The maximum absolute atomic E-state index is 13.3. The highest BCUT2D eigenvalue weighted by Gasteiger charge is 2.60. The topological polar surface area (TPSA) is 197 Å². The first-order valence-corrected chi connectivity index (χ1v) is 23.6. The molecule has 0 spiro atoms. The predicted molar refractivity (Wildman–Crippen MR) is 230 cm³/mol. The Balaban J connectivity index is 1.24. The predicted octanol–water partition coefficient (Wildman–Crippen LogP) is 8.96. The molecule has 60 heavy (non-hydrogen) atoms. The van der Waals surface area contributed by atoms with E-state index in [1.54, 1.807) is 26.0 Å². The first-order valence-electron chi connectivity index (χ1n) is 22.1. The number of unbranched alkanes of at least 4 members (excludes halogenated alkanes) is 15. The summed E-state index contributed by atoms with van der Waals surface area (Å²) in [4.78, 5) is 23.5. The molecule has 4 N–H and O–H groups in total. The minimum absolute atomic E-state index is 0.120. The van der Waals surface area contributed by atoms with Crippen molar-refractivity contribution in [2.75, 3.05) is 32.2 Å². The number of hydrogen-bond donors (Lipinski definition) is 3. The average molecular weight is 857 g/mol. The second kappa shape index (κ2) is 26.2. The Morgan fingerprint density at radius 3 is 2.13 bits per heavy atom. The fourth-order valence-corrected chi connectivity index (χ4v) is 8.08. The van der Waals surface area contributed by atoms with Gasteiger partial charge in [-0.1, -0.05) is 147 Å². The molecular weight excluding hydrogens is 787 g/mol. The van der Waals surface area contributed by atoms with Crippen LogP contribution >= 0.6 is 7.82 Å². The number of rotatable bonds is 31. The molecule has 0 saturated carbocycles. The standard InChI is InChI=1S/C45H69N4O10P/c1-4-5-6-7-8-9-10-11-12-13-14-15-16-17-18-22-29-54-31-37(55-30-36-23-20-19-21-24-36)32-56-60(52,53)57-33-40-42(58-44(51)35(2)3)43(50)45(34-46,59-40)41-26-25-39-38(47)27-28-48-49(39)41/h19-21,23-28,35,37,40,42-43,50H,4-18,22,29-33,47H2,1-3H3,(H,52,53)/t37-,40-,42-,43-,45+/m1/s1. The van der Waals surface area contributed by atoms with Gasteiger partial charge in [0.05, 0.1) is 49.2 Å². The van der Waals surface area contributed by atoms with Crippen LogP contribution in [-0.4, -0.2) is 76.4 Å². The molecule has 334 valence electrons. The second-order valence-electron chi connectivity index (χ2n) is 16.2. The molecule has 1 aliphatic rings. The third-order valence-electron chi connectivity index (χ3n) is 10.9. The minimum Gasteiger partial charge on any atom is -0.456 e. The number of carbonyl (C=O) groups excluding carboxylic acids is 1. The molecular formula is C45H69N4O10P. The van der Waals surface area contributed by atoms with Crippen LogP contribution in [-0.2, 0) is 49.6 Å². The molecule has 4 rings (SSSR count). The Hall–Kier alpha value is -3.38. The maximum Gasteiger partial charge on any atom is 0.472 e. The van der Waals surface area contributed by atoms with Crippen molar-refractivity contribution in [3.63, 3.8) is 0 Å². The van der Waals surface area contributed by atoms with Gasteiger partial charge >= 0.3 is 13.8 Å². The van der Waals surface area contributed by atoms with E-state index in [1.807, 2.05) is 36.4 Å². The molecule has 0 aliphatic carbocycles. The van der Waals surface area contributed by atoms with Gasteiger partial charge in [-0.25, -0.2) is 9.08 Å². The minimum atomic E-state index is -4.78. The van der Waals surface area contributed by atoms with E-state index in [9.17, 15) is 24.6 Å². The van der Waals surface area contributed by atoms with Gasteiger partial charge in [0, 0.05) is 12.8 Å². The van der Waals surface area contributed by atoms with E-state index in [1.165, 1.54) is 100 Å². The highest BCUT2D eigenvalue weighted by molar-refractivity contribution is 7.47. The van der Waals surface area contributed by atoms with E-state index in [0.717, 1.165) is 24.8 Å². The van der Waals surface area contributed by atoms with E-state index < -0.39 is 56.3 Å². The number of hydrogen-bond acceptors (Lipinski definition) is 12. The van der Waals surface area contributed by atoms with E-state index in [4.69, 9.17) is 33.7 Å². The Kier molecular flexibility index (Phi) is 21.5. The molecule has 2 aromatic heterocycles. The first kappa shape index (κ1) is 49.3. The van der Waals surface area contributed by atoms with Gasteiger partial charge < -0.3 is 34.7 Å². The van der Waals surface area contributed by atoms with Crippen LogP contribution in [0.3, 0.4) is 0 Å². The van der Waals surface area contributed by atoms with Crippen molar-refractivity contribution in [1.82, 2.24) is 9.61 Å². The van der Waals surface area contributed by atoms with Crippen molar-refractivity contribution in [2.24, 2.45) is 5.92 Å². The highest BCUT2D eigenvalue weighted by Crippen LogP contribution is 2.47. The summed E-state index contributed by atoms with van der Waals surface area (Å²) in [6, 6.07) is 16.3. The fraction of sp³-hybridized carbons (Fsp3) is 0.667. The van der Waals surface area contributed by atoms with E-state index in [-0.39, 0.29) is 25.5 Å². The molecule has 0 bridgehead atoms. The van der Waals surface area contributed by atoms with Gasteiger partial charge in [-0.15, -0.1) is 0 Å². The molecule has 3 aromatic rings. The van der Waals surface area contributed by atoms with Gasteiger partial charge in [0.2, 0.25) is 5.60 Å². The summed E-state index contributed by atoms with van der Waals surface area (Å²) >= 11 is 0. The van der Waals surface area contributed by atoms with Gasteiger partial charge in [-0.2, -0.15) is 10.4 Å². The largest absolute Gasteiger partial charge is 0.472 e. The summed E-state index contributed by atoms with van der Waals surface area (Å²) in [6.45, 7) is 5.36. The van der Waals surface area contributed by atoms with E-state index in [0.29, 0.717) is 17.8 Å².